The van der Waals surface area contributed by atoms with E-state index in [9.17, 15) is 0 Å². The van der Waals surface area contributed by atoms with Gasteiger partial charge in [0.15, 0.2) is 0 Å². The summed E-state index contributed by atoms with van der Waals surface area (Å²) in [7, 11) is 1.71. The highest BCUT2D eigenvalue weighted by Gasteiger charge is 2.01. The second kappa shape index (κ2) is 7.71. The van der Waals surface area contributed by atoms with Crippen LogP contribution in [0.5, 0.6) is 0 Å². The van der Waals surface area contributed by atoms with Gasteiger partial charge >= 0.3 is 0 Å². The number of nitrogens with zero attached hydrogens (tertiary/aromatic N) is 2. The molecule has 1 aromatic carbocycles. The predicted octanol–water partition coefficient (Wildman–Crippen LogP) is 1.86. The third-order valence-electron chi connectivity index (χ3n) is 3.07. The number of aromatic nitrogens is 2. The Morgan fingerprint density at radius 3 is 2.89 bits per heavy atom. The van der Waals surface area contributed by atoms with Crippen molar-refractivity contribution in [2.45, 2.75) is 19.5 Å². The Bertz CT molecular complexity index is 467. The molecule has 0 fully saturated rings. The van der Waals surface area contributed by atoms with Gasteiger partial charge in [0.2, 0.25) is 0 Å². The number of rotatable bonds is 8. The van der Waals surface area contributed by atoms with Gasteiger partial charge in [-0.1, -0.05) is 30.3 Å². The first kappa shape index (κ1) is 13.8. The minimum absolute atomic E-state index is 0.734. The van der Waals surface area contributed by atoms with Crippen LogP contribution in [-0.4, -0.2) is 29.8 Å². The van der Waals surface area contributed by atoms with E-state index >= 15 is 0 Å². The molecule has 0 amide bonds. The molecule has 1 aromatic heterocycles. The summed E-state index contributed by atoms with van der Waals surface area (Å²) in [6, 6.07) is 10.5. The van der Waals surface area contributed by atoms with Crippen LogP contribution in [0, 0.1) is 0 Å². The standard InChI is InChI=1S/C15H21N3O/c1-19-10-8-16-11-15-12-17-13-18(15)9-7-14-5-3-2-4-6-14/h2-6,12-13,16H,7-11H2,1H3. The van der Waals surface area contributed by atoms with Crippen molar-refractivity contribution in [3.05, 3.63) is 54.1 Å². The Hall–Kier alpha value is -1.65. The van der Waals surface area contributed by atoms with Crippen LogP contribution in [0.2, 0.25) is 0 Å². The van der Waals surface area contributed by atoms with E-state index in [4.69, 9.17) is 4.74 Å². The van der Waals surface area contributed by atoms with Gasteiger partial charge in [0.25, 0.3) is 0 Å². The molecule has 0 radical (unpaired) electrons. The minimum atomic E-state index is 0.734. The summed E-state index contributed by atoms with van der Waals surface area (Å²) in [5.41, 5.74) is 2.57. The van der Waals surface area contributed by atoms with E-state index < -0.39 is 0 Å². The van der Waals surface area contributed by atoms with E-state index in [1.807, 2.05) is 18.6 Å². The quantitative estimate of drug-likeness (QED) is 0.736. The highest BCUT2D eigenvalue weighted by atomic mass is 16.5. The number of aryl methyl sites for hydroxylation is 2. The van der Waals surface area contributed by atoms with Crippen LogP contribution in [0.25, 0.3) is 0 Å². The van der Waals surface area contributed by atoms with E-state index in [1.54, 1.807) is 7.11 Å². The summed E-state index contributed by atoms with van der Waals surface area (Å²) in [5.74, 6) is 0. The average Bonchev–Trinajstić information content (AvgIpc) is 2.90. The van der Waals surface area contributed by atoms with Crippen molar-refractivity contribution in [2.75, 3.05) is 20.3 Å². The maximum Gasteiger partial charge on any atom is 0.0948 e. The van der Waals surface area contributed by atoms with Gasteiger partial charge in [0.1, 0.15) is 0 Å². The number of ether oxygens (including phenoxy) is 1. The van der Waals surface area contributed by atoms with Crippen LogP contribution in [0.4, 0.5) is 0 Å². The fourth-order valence-corrected chi connectivity index (χ4v) is 1.98. The van der Waals surface area contributed by atoms with Gasteiger partial charge in [0, 0.05) is 32.9 Å². The third kappa shape index (κ3) is 4.50. The van der Waals surface area contributed by atoms with Crippen molar-refractivity contribution in [3.63, 3.8) is 0 Å². The second-order valence-corrected chi connectivity index (χ2v) is 4.48. The van der Waals surface area contributed by atoms with Gasteiger partial charge in [-0.2, -0.15) is 0 Å². The minimum Gasteiger partial charge on any atom is -0.383 e. The van der Waals surface area contributed by atoms with Gasteiger partial charge in [-0.3, -0.25) is 0 Å². The number of hydrogen-bond donors (Lipinski definition) is 1. The Kier molecular flexibility index (Phi) is 5.59. The number of imidazole rings is 1. The number of benzene rings is 1. The zero-order chi connectivity index (χ0) is 13.3. The van der Waals surface area contributed by atoms with Crippen LogP contribution < -0.4 is 5.32 Å². The van der Waals surface area contributed by atoms with Crippen molar-refractivity contribution < 1.29 is 4.74 Å². The maximum atomic E-state index is 5.01. The number of hydrogen-bond acceptors (Lipinski definition) is 3. The third-order valence-corrected chi connectivity index (χ3v) is 3.07. The van der Waals surface area contributed by atoms with E-state index in [0.717, 1.165) is 32.7 Å². The zero-order valence-electron chi connectivity index (χ0n) is 11.4. The lowest BCUT2D eigenvalue weighted by molar-refractivity contribution is 0.199. The Morgan fingerprint density at radius 1 is 1.26 bits per heavy atom. The van der Waals surface area contributed by atoms with Crippen LogP contribution in [-0.2, 0) is 24.2 Å². The molecular formula is C15H21N3O. The molecule has 0 saturated carbocycles. The molecule has 4 nitrogen and oxygen atoms in total. The van der Waals surface area contributed by atoms with Gasteiger partial charge in [-0.05, 0) is 12.0 Å². The molecule has 0 saturated heterocycles. The molecule has 0 atom stereocenters. The van der Waals surface area contributed by atoms with Crippen LogP contribution >= 0.6 is 0 Å². The summed E-state index contributed by atoms with van der Waals surface area (Å²) in [4.78, 5) is 4.23. The summed E-state index contributed by atoms with van der Waals surface area (Å²) in [6.45, 7) is 3.39. The van der Waals surface area contributed by atoms with Crippen LogP contribution in [0.1, 0.15) is 11.3 Å². The fraction of sp³-hybridized carbons (Fsp3) is 0.400. The molecule has 0 aliphatic rings. The predicted molar refractivity (Wildman–Crippen MR) is 76.0 cm³/mol. The average molecular weight is 259 g/mol. The normalized spacial score (nSPS) is 10.8. The van der Waals surface area contributed by atoms with E-state index in [2.05, 4.69) is 39.1 Å². The summed E-state index contributed by atoms with van der Waals surface area (Å²) >= 11 is 0. The van der Waals surface area contributed by atoms with E-state index in [-0.39, 0.29) is 0 Å². The van der Waals surface area contributed by atoms with Crippen LogP contribution in [0.15, 0.2) is 42.9 Å². The molecule has 0 spiro atoms. The molecule has 0 bridgehead atoms. The topological polar surface area (TPSA) is 39.1 Å². The fourth-order valence-electron chi connectivity index (χ4n) is 1.98. The lowest BCUT2D eigenvalue weighted by Gasteiger charge is -2.09. The van der Waals surface area contributed by atoms with Crippen molar-refractivity contribution >= 4 is 0 Å². The molecule has 2 aromatic rings. The monoisotopic (exact) mass is 259 g/mol. The Labute approximate surface area is 114 Å². The van der Waals surface area contributed by atoms with Crippen molar-refractivity contribution in [2.24, 2.45) is 0 Å². The second-order valence-electron chi connectivity index (χ2n) is 4.48. The molecule has 19 heavy (non-hydrogen) atoms. The van der Waals surface area contributed by atoms with Crippen molar-refractivity contribution in [1.82, 2.24) is 14.9 Å². The first-order chi connectivity index (χ1) is 9.40. The molecule has 1 heterocycles. The maximum absolute atomic E-state index is 5.01. The van der Waals surface area contributed by atoms with Gasteiger partial charge < -0.3 is 14.6 Å². The van der Waals surface area contributed by atoms with Crippen molar-refractivity contribution in [3.8, 4) is 0 Å². The summed E-state index contributed by atoms with van der Waals surface area (Å²) in [5, 5.41) is 3.34. The molecule has 1 N–H and O–H groups in total. The molecule has 2 rings (SSSR count). The van der Waals surface area contributed by atoms with Gasteiger partial charge in [0.05, 0.1) is 18.6 Å². The van der Waals surface area contributed by atoms with E-state index in [1.165, 1.54) is 11.3 Å². The molecule has 0 unspecified atom stereocenters. The zero-order valence-corrected chi connectivity index (χ0v) is 11.4. The molecule has 0 aliphatic carbocycles. The number of nitrogens with one attached hydrogen (secondary N) is 1. The molecular weight excluding hydrogens is 238 g/mol. The first-order valence-electron chi connectivity index (χ1n) is 6.62. The Balaban J connectivity index is 1.82. The lowest BCUT2D eigenvalue weighted by atomic mass is 10.1. The lowest BCUT2D eigenvalue weighted by Crippen LogP contribution is -2.20. The molecule has 4 heteroatoms. The van der Waals surface area contributed by atoms with E-state index in [0.29, 0.717) is 0 Å². The van der Waals surface area contributed by atoms with Gasteiger partial charge in [-0.15, -0.1) is 0 Å². The van der Waals surface area contributed by atoms with Crippen molar-refractivity contribution in [1.29, 1.82) is 0 Å². The number of methoxy groups -OCH3 is 1. The Morgan fingerprint density at radius 2 is 2.11 bits per heavy atom. The SMILES string of the molecule is COCCNCc1cncn1CCc1ccccc1. The molecule has 102 valence electrons. The summed E-state index contributed by atoms with van der Waals surface area (Å²) < 4.78 is 7.21. The van der Waals surface area contributed by atoms with Crippen LogP contribution in [0.3, 0.4) is 0 Å². The summed E-state index contributed by atoms with van der Waals surface area (Å²) in [6.07, 6.45) is 4.85. The largest absolute Gasteiger partial charge is 0.383 e. The first-order valence-corrected chi connectivity index (χ1v) is 6.62. The van der Waals surface area contributed by atoms with Gasteiger partial charge in [-0.25, -0.2) is 4.98 Å². The molecule has 0 aliphatic heterocycles. The highest BCUT2D eigenvalue weighted by Crippen LogP contribution is 2.04. The highest BCUT2D eigenvalue weighted by molar-refractivity contribution is 5.14. The smallest absolute Gasteiger partial charge is 0.0948 e.